The van der Waals surface area contributed by atoms with Crippen molar-refractivity contribution in [2.24, 2.45) is 0 Å². The largest absolute Gasteiger partial charge is 0.444 e. The predicted octanol–water partition coefficient (Wildman–Crippen LogP) is 3.07. The fourth-order valence-electron chi connectivity index (χ4n) is 2.07. The number of halogens is 1. The maximum atomic E-state index is 6.12. The number of benzene rings is 1. The van der Waals surface area contributed by atoms with Crippen molar-refractivity contribution < 1.29 is 4.42 Å². The van der Waals surface area contributed by atoms with Gasteiger partial charge in [0.05, 0.1) is 6.33 Å². The first-order chi connectivity index (χ1) is 9.34. The standard InChI is InChI=1S/C14H14ClN3O/c15-14-12(11-3-1-2-4-13(11)19-14)9-16-5-7-18-8-6-17-10-18/h1-4,6,8,10,16H,5,7,9H2. The highest BCUT2D eigenvalue weighted by Crippen LogP contribution is 2.29. The molecule has 4 nitrogen and oxygen atoms in total. The molecule has 1 N–H and O–H groups in total. The predicted molar refractivity (Wildman–Crippen MR) is 75.2 cm³/mol. The van der Waals surface area contributed by atoms with Gasteiger partial charge in [0, 0.05) is 43.0 Å². The molecule has 0 spiro atoms. The minimum atomic E-state index is 0.469. The van der Waals surface area contributed by atoms with E-state index in [4.69, 9.17) is 16.0 Å². The van der Waals surface area contributed by atoms with Crippen LogP contribution in [0.1, 0.15) is 5.56 Å². The summed E-state index contributed by atoms with van der Waals surface area (Å²) in [5, 5.41) is 4.91. The van der Waals surface area contributed by atoms with Crippen LogP contribution >= 0.6 is 11.6 Å². The number of nitrogens with zero attached hydrogens (tertiary/aromatic N) is 2. The van der Waals surface area contributed by atoms with Crippen molar-refractivity contribution in [2.45, 2.75) is 13.1 Å². The molecule has 19 heavy (non-hydrogen) atoms. The summed E-state index contributed by atoms with van der Waals surface area (Å²) in [5.74, 6) is 0. The number of hydrogen-bond acceptors (Lipinski definition) is 3. The summed E-state index contributed by atoms with van der Waals surface area (Å²) < 4.78 is 7.54. The van der Waals surface area contributed by atoms with E-state index in [-0.39, 0.29) is 0 Å². The van der Waals surface area contributed by atoms with Crippen LogP contribution in [0.5, 0.6) is 0 Å². The lowest BCUT2D eigenvalue weighted by Crippen LogP contribution is -2.18. The zero-order valence-electron chi connectivity index (χ0n) is 10.3. The number of aromatic nitrogens is 2. The minimum absolute atomic E-state index is 0.469. The van der Waals surface area contributed by atoms with Crippen molar-refractivity contribution >= 4 is 22.6 Å². The van der Waals surface area contributed by atoms with Gasteiger partial charge in [-0.05, 0) is 17.7 Å². The molecule has 0 unspecified atom stereocenters. The van der Waals surface area contributed by atoms with Gasteiger partial charge in [-0.3, -0.25) is 0 Å². The first kappa shape index (κ1) is 12.3. The summed E-state index contributed by atoms with van der Waals surface area (Å²) in [6.07, 6.45) is 5.53. The average molecular weight is 276 g/mol. The van der Waals surface area contributed by atoms with Gasteiger partial charge in [-0.15, -0.1) is 0 Å². The molecule has 0 aliphatic rings. The average Bonchev–Trinajstić information content (AvgIpc) is 3.02. The molecule has 0 fully saturated rings. The van der Waals surface area contributed by atoms with Crippen LogP contribution in [-0.4, -0.2) is 16.1 Å². The van der Waals surface area contributed by atoms with E-state index in [1.807, 2.05) is 41.4 Å². The van der Waals surface area contributed by atoms with Gasteiger partial charge in [-0.1, -0.05) is 18.2 Å². The lowest BCUT2D eigenvalue weighted by molar-refractivity contribution is 0.582. The Kier molecular flexibility index (Phi) is 3.53. The van der Waals surface area contributed by atoms with Crippen molar-refractivity contribution in [2.75, 3.05) is 6.54 Å². The van der Waals surface area contributed by atoms with Gasteiger partial charge < -0.3 is 14.3 Å². The van der Waals surface area contributed by atoms with Crippen molar-refractivity contribution in [3.8, 4) is 0 Å². The Morgan fingerprint density at radius 1 is 1.32 bits per heavy atom. The molecule has 1 aromatic carbocycles. The molecule has 0 amide bonds. The van der Waals surface area contributed by atoms with Crippen LogP contribution in [0.15, 0.2) is 47.4 Å². The molecule has 0 aliphatic heterocycles. The van der Waals surface area contributed by atoms with E-state index >= 15 is 0 Å². The smallest absolute Gasteiger partial charge is 0.199 e. The fourth-order valence-corrected chi connectivity index (χ4v) is 2.33. The van der Waals surface area contributed by atoms with Gasteiger partial charge in [-0.2, -0.15) is 0 Å². The van der Waals surface area contributed by atoms with E-state index in [1.54, 1.807) is 6.20 Å². The van der Waals surface area contributed by atoms with Gasteiger partial charge in [0.25, 0.3) is 0 Å². The molecule has 0 aliphatic carbocycles. The fraction of sp³-hybridized carbons (Fsp3) is 0.214. The topological polar surface area (TPSA) is 43.0 Å². The normalized spacial score (nSPS) is 11.2. The summed E-state index contributed by atoms with van der Waals surface area (Å²) in [5.41, 5.74) is 1.85. The first-order valence-electron chi connectivity index (χ1n) is 6.17. The van der Waals surface area contributed by atoms with Crippen molar-refractivity contribution in [1.82, 2.24) is 14.9 Å². The van der Waals surface area contributed by atoms with Gasteiger partial charge in [0.2, 0.25) is 0 Å². The molecular formula is C14H14ClN3O. The van der Waals surface area contributed by atoms with Crippen LogP contribution in [0, 0.1) is 0 Å². The van der Waals surface area contributed by atoms with Crippen molar-refractivity contribution in [1.29, 1.82) is 0 Å². The zero-order chi connectivity index (χ0) is 13.1. The summed E-state index contributed by atoms with van der Waals surface area (Å²) >= 11 is 6.12. The second kappa shape index (κ2) is 5.47. The van der Waals surface area contributed by atoms with Crippen LogP contribution in [0.3, 0.4) is 0 Å². The summed E-state index contributed by atoms with van der Waals surface area (Å²) in [4.78, 5) is 4.00. The molecule has 98 valence electrons. The Morgan fingerprint density at radius 2 is 2.21 bits per heavy atom. The van der Waals surface area contributed by atoms with Gasteiger partial charge >= 0.3 is 0 Å². The van der Waals surface area contributed by atoms with E-state index in [0.717, 1.165) is 29.6 Å². The zero-order valence-corrected chi connectivity index (χ0v) is 11.1. The molecule has 3 aromatic rings. The highest BCUT2D eigenvalue weighted by molar-refractivity contribution is 6.30. The Morgan fingerprint density at radius 3 is 3.05 bits per heavy atom. The quantitative estimate of drug-likeness (QED) is 0.728. The van der Waals surface area contributed by atoms with Crippen LogP contribution in [-0.2, 0) is 13.1 Å². The summed E-state index contributed by atoms with van der Waals surface area (Å²) in [7, 11) is 0. The van der Waals surface area contributed by atoms with E-state index in [1.165, 1.54) is 0 Å². The maximum absolute atomic E-state index is 6.12. The highest BCUT2D eigenvalue weighted by Gasteiger charge is 2.10. The third-order valence-corrected chi connectivity index (χ3v) is 3.36. The molecule has 5 heteroatoms. The number of imidazole rings is 1. The SMILES string of the molecule is Clc1oc2ccccc2c1CNCCn1ccnc1. The van der Waals surface area contributed by atoms with E-state index < -0.39 is 0 Å². The van der Waals surface area contributed by atoms with E-state index in [9.17, 15) is 0 Å². The van der Waals surface area contributed by atoms with Crippen molar-refractivity contribution in [3.63, 3.8) is 0 Å². The minimum Gasteiger partial charge on any atom is -0.444 e. The summed E-state index contributed by atoms with van der Waals surface area (Å²) in [6, 6.07) is 7.88. The molecule has 0 radical (unpaired) electrons. The van der Waals surface area contributed by atoms with Crippen LogP contribution < -0.4 is 5.32 Å². The second-order valence-electron chi connectivity index (χ2n) is 4.33. The Hall–Kier alpha value is -1.78. The Bertz CT molecular complexity index is 660. The molecular weight excluding hydrogens is 262 g/mol. The number of hydrogen-bond donors (Lipinski definition) is 1. The molecule has 2 heterocycles. The molecule has 0 saturated carbocycles. The van der Waals surface area contributed by atoms with Gasteiger partial charge in [0.15, 0.2) is 5.22 Å². The van der Waals surface area contributed by atoms with E-state index in [2.05, 4.69) is 10.3 Å². The van der Waals surface area contributed by atoms with Crippen LogP contribution in [0.4, 0.5) is 0 Å². The van der Waals surface area contributed by atoms with E-state index in [0.29, 0.717) is 11.8 Å². The number of para-hydroxylation sites is 1. The molecule has 0 atom stereocenters. The number of rotatable bonds is 5. The second-order valence-corrected chi connectivity index (χ2v) is 4.67. The molecule has 2 aromatic heterocycles. The Balaban J connectivity index is 1.63. The lowest BCUT2D eigenvalue weighted by Gasteiger charge is -2.04. The highest BCUT2D eigenvalue weighted by atomic mass is 35.5. The van der Waals surface area contributed by atoms with Crippen LogP contribution in [0.2, 0.25) is 5.22 Å². The lowest BCUT2D eigenvalue weighted by atomic mass is 10.2. The third-order valence-electron chi connectivity index (χ3n) is 3.06. The third kappa shape index (κ3) is 2.64. The van der Waals surface area contributed by atoms with Gasteiger partial charge in [0.1, 0.15) is 5.58 Å². The maximum Gasteiger partial charge on any atom is 0.199 e. The number of nitrogens with one attached hydrogen (secondary N) is 1. The van der Waals surface area contributed by atoms with Crippen LogP contribution in [0.25, 0.3) is 11.0 Å². The van der Waals surface area contributed by atoms with Gasteiger partial charge in [-0.25, -0.2) is 4.98 Å². The van der Waals surface area contributed by atoms with Crippen molar-refractivity contribution in [3.05, 3.63) is 53.8 Å². The summed E-state index contributed by atoms with van der Waals surface area (Å²) in [6.45, 7) is 2.43. The number of fused-ring (bicyclic) bond motifs is 1. The molecule has 0 saturated heterocycles. The molecule has 0 bridgehead atoms. The molecule has 3 rings (SSSR count). The number of furan rings is 1. The first-order valence-corrected chi connectivity index (χ1v) is 6.55. The Labute approximate surface area is 116 Å². The monoisotopic (exact) mass is 275 g/mol.